The Kier molecular flexibility index (Phi) is 5.30. The van der Waals surface area contributed by atoms with Crippen LogP contribution in [0.1, 0.15) is 58.8 Å². The molecular formula is C13H25NO. The second kappa shape index (κ2) is 6.26. The van der Waals surface area contributed by atoms with E-state index in [9.17, 15) is 4.79 Å². The lowest BCUT2D eigenvalue weighted by Crippen LogP contribution is -2.34. The van der Waals surface area contributed by atoms with Crippen molar-refractivity contribution in [3.8, 4) is 0 Å². The molecule has 1 fully saturated rings. The maximum absolute atomic E-state index is 12.0. The lowest BCUT2D eigenvalue weighted by Gasteiger charge is -2.20. The highest BCUT2D eigenvalue weighted by Crippen LogP contribution is 2.24. The summed E-state index contributed by atoms with van der Waals surface area (Å²) in [5.74, 6) is 1.19. The van der Waals surface area contributed by atoms with Crippen molar-refractivity contribution in [2.24, 2.45) is 17.6 Å². The van der Waals surface area contributed by atoms with E-state index in [2.05, 4.69) is 13.8 Å². The van der Waals surface area contributed by atoms with Gasteiger partial charge in [-0.2, -0.15) is 0 Å². The molecule has 15 heavy (non-hydrogen) atoms. The van der Waals surface area contributed by atoms with Gasteiger partial charge in [-0.15, -0.1) is 0 Å². The van der Waals surface area contributed by atoms with Crippen LogP contribution < -0.4 is 5.73 Å². The van der Waals surface area contributed by atoms with Gasteiger partial charge in [0.1, 0.15) is 5.78 Å². The SMILES string of the molecule is CC(C)CCC(=O)C1CCCCCC1N. The van der Waals surface area contributed by atoms with Crippen LogP contribution in [0.5, 0.6) is 0 Å². The van der Waals surface area contributed by atoms with Crippen LogP contribution in [0.15, 0.2) is 0 Å². The minimum absolute atomic E-state index is 0.132. The molecule has 1 aliphatic rings. The fraction of sp³-hybridized carbons (Fsp3) is 0.923. The molecule has 2 unspecified atom stereocenters. The average molecular weight is 211 g/mol. The van der Waals surface area contributed by atoms with Crippen molar-refractivity contribution in [1.82, 2.24) is 0 Å². The zero-order valence-electron chi connectivity index (χ0n) is 10.2. The average Bonchev–Trinajstić information content (AvgIpc) is 2.39. The Morgan fingerprint density at radius 2 is 1.93 bits per heavy atom. The molecule has 0 amide bonds. The van der Waals surface area contributed by atoms with Crippen molar-refractivity contribution in [2.45, 2.75) is 64.8 Å². The molecule has 0 aromatic rings. The fourth-order valence-electron chi connectivity index (χ4n) is 2.35. The minimum Gasteiger partial charge on any atom is -0.327 e. The lowest BCUT2D eigenvalue weighted by molar-refractivity contribution is -0.123. The molecule has 0 aromatic carbocycles. The lowest BCUT2D eigenvalue weighted by atomic mass is 9.88. The van der Waals surface area contributed by atoms with Gasteiger partial charge in [-0.3, -0.25) is 4.79 Å². The van der Waals surface area contributed by atoms with Gasteiger partial charge < -0.3 is 5.73 Å². The number of hydrogen-bond donors (Lipinski definition) is 1. The third-order valence-electron chi connectivity index (χ3n) is 3.45. The van der Waals surface area contributed by atoms with Crippen molar-refractivity contribution in [3.05, 3.63) is 0 Å². The normalized spacial score (nSPS) is 27.7. The van der Waals surface area contributed by atoms with E-state index in [1.165, 1.54) is 19.3 Å². The molecule has 2 heteroatoms. The van der Waals surface area contributed by atoms with E-state index in [1.807, 2.05) is 0 Å². The number of nitrogens with two attached hydrogens (primary N) is 1. The Labute approximate surface area is 93.6 Å². The second-order valence-corrected chi connectivity index (χ2v) is 5.31. The quantitative estimate of drug-likeness (QED) is 0.727. The number of ketones is 1. The number of carbonyl (C=O) groups excluding carboxylic acids is 1. The summed E-state index contributed by atoms with van der Waals surface area (Å²) in [5.41, 5.74) is 6.07. The first-order valence-corrected chi connectivity index (χ1v) is 6.39. The van der Waals surface area contributed by atoms with Crippen LogP contribution in [-0.4, -0.2) is 11.8 Å². The molecule has 2 atom stereocenters. The molecule has 0 saturated heterocycles. The molecule has 2 N–H and O–H groups in total. The predicted molar refractivity (Wildman–Crippen MR) is 63.6 cm³/mol. The summed E-state index contributed by atoms with van der Waals surface area (Å²) >= 11 is 0. The van der Waals surface area contributed by atoms with Gasteiger partial charge in [0.05, 0.1) is 0 Å². The first-order chi connectivity index (χ1) is 7.11. The second-order valence-electron chi connectivity index (χ2n) is 5.31. The Bertz CT molecular complexity index is 201. The maximum Gasteiger partial charge on any atom is 0.137 e. The smallest absolute Gasteiger partial charge is 0.137 e. The standard InChI is InChI=1S/C13H25NO/c1-10(2)8-9-13(15)11-6-4-3-5-7-12(11)14/h10-12H,3-9,14H2,1-2H3. The van der Waals surface area contributed by atoms with Crippen LogP contribution in [0.2, 0.25) is 0 Å². The summed E-state index contributed by atoms with van der Waals surface area (Å²) in [7, 11) is 0. The van der Waals surface area contributed by atoms with Crippen LogP contribution >= 0.6 is 0 Å². The molecule has 1 rings (SSSR count). The van der Waals surface area contributed by atoms with Gasteiger partial charge >= 0.3 is 0 Å². The summed E-state index contributed by atoms with van der Waals surface area (Å²) in [4.78, 5) is 12.0. The predicted octanol–water partition coefficient (Wildman–Crippen LogP) is 2.90. The molecule has 0 aromatic heterocycles. The Morgan fingerprint density at radius 3 is 2.60 bits per heavy atom. The van der Waals surface area contributed by atoms with Gasteiger partial charge in [0, 0.05) is 18.4 Å². The molecule has 0 bridgehead atoms. The van der Waals surface area contributed by atoms with Crippen LogP contribution in [0.4, 0.5) is 0 Å². The van der Waals surface area contributed by atoms with E-state index < -0.39 is 0 Å². The van der Waals surface area contributed by atoms with Crippen LogP contribution in [0.25, 0.3) is 0 Å². The summed E-state index contributed by atoms with van der Waals surface area (Å²) < 4.78 is 0. The van der Waals surface area contributed by atoms with E-state index in [0.717, 1.165) is 25.7 Å². The maximum atomic E-state index is 12.0. The molecule has 0 spiro atoms. The first kappa shape index (κ1) is 12.7. The van der Waals surface area contributed by atoms with E-state index in [4.69, 9.17) is 5.73 Å². The highest BCUT2D eigenvalue weighted by atomic mass is 16.1. The van der Waals surface area contributed by atoms with Gasteiger partial charge in [-0.25, -0.2) is 0 Å². The highest BCUT2D eigenvalue weighted by molar-refractivity contribution is 5.81. The molecule has 1 saturated carbocycles. The van der Waals surface area contributed by atoms with E-state index in [0.29, 0.717) is 11.7 Å². The third kappa shape index (κ3) is 4.33. The Balaban J connectivity index is 2.41. The first-order valence-electron chi connectivity index (χ1n) is 6.39. The zero-order valence-corrected chi connectivity index (χ0v) is 10.2. The van der Waals surface area contributed by atoms with Gasteiger partial charge in [-0.1, -0.05) is 33.1 Å². The topological polar surface area (TPSA) is 43.1 Å². The van der Waals surface area contributed by atoms with E-state index >= 15 is 0 Å². The van der Waals surface area contributed by atoms with Gasteiger partial charge in [0.15, 0.2) is 0 Å². The summed E-state index contributed by atoms with van der Waals surface area (Å²) in [5, 5.41) is 0. The molecule has 88 valence electrons. The van der Waals surface area contributed by atoms with E-state index in [1.54, 1.807) is 0 Å². The molecule has 2 nitrogen and oxygen atoms in total. The number of hydrogen-bond acceptors (Lipinski definition) is 2. The largest absolute Gasteiger partial charge is 0.327 e. The molecule has 0 heterocycles. The summed E-state index contributed by atoms with van der Waals surface area (Å²) in [6.07, 6.45) is 7.46. The Morgan fingerprint density at radius 1 is 1.27 bits per heavy atom. The van der Waals surface area contributed by atoms with Crippen molar-refractivity contribution < 1.29 is 4.79 Å². The number of rotatable bonds is 4. The zero-order chi connectivity index (χ0) is 11.3. The Hall–Kier alpha value is -0.370. The fourth-order valence-corrected chi connectivity index (χ4v) is 2.35. The van der Waals surface area contributed by atoms with Gasteiger partial charge in [-0.05, 0) is 25.2 Å². The van der Waals surface area contributed by atoms with Gasteiger partial charge in [0.2, 0.25) is 0 Å². The molecule has 0 aliphatic heterocycles. The molecule has 0 radical (unpaired) electrons. The number of Topliss-reactive ketones (excluding diaryl/α,β-unsaturated/α-hetero) is 1. The van der Waals surface area contributed by atoms with Crippen LogP contribution in [0.3, 0.4) is 0 Å². The summed E-state index contributed by atoms with van der Waals surface area (Å²) in [6, 6.07) is 0.132. The van der Waals surface area contributed by atoms with Crippen molar-refractivity contribution in [1.29, 1.82) is 0 Å². The molecule has 1 aliphatic carbocycles. The summed E-state index contributed by atoms with van der Waals surface area (Å²) in [6.45, 7) is 4.33. The van der Waals surface area contributed by atoms with Crippen molar-refractivity contribution >= 4 is 5.78 Å². The molecular weight excluding hydrogens is 186 g/mol. The number of carbonyl (C=O) groups is 1. The van der Waals surface area contributed by atoms with Crippen molar-refractivity contribution in [3.63, 3.8) is 0 Å². The monoisotopic (exact) mass is 211 g/mol. The third-order valence-corrected chi connectivity index (χ3v) is 3.45. The van der Waals surface area contributed by atoms with E-state index in [-0.39, 0.29) is 12.0 Å². The van der Waals surface area contributed by atoms with Crippen LogP contribution in [-0.2, 0) is 4.79 Å². The van der Waals surface area contributed by atoms with Crippen LogP contribution in [0, 0.1) is 11.8 Å². The van der Waals surface area contributed by atoms with Gasteiger partial charge in [0.25, 0.3) is 0 Å². The highest BCUT2D eigenvalue weighted by Gasteiger charge is 2.26. The minimum atomic E-state index is 0.132. The van der Waals surface area contributed by atoms with Crippen molar-refractivity contribution in [2.75, 3.05) is 0 Å².